The van der Waals surface area contributed by atoms with Crippen LogP contribution in [0.2, 0.25) is 10.0 Å². The number of fused-ring (bicyclic) bond motifs is 1. The molecule has 10 atom stereocenters. The van der Waals surface area contributed by atoms with E-state index in [2.05, 4.69) is 62.8 Å². The zero-order valence-electron chi connectivity index (χ0n) is 57.0. The van der Waals surface area contributed by atoms with E-state index in [9.17, 15) is 68.1 Å². The van der Waals surface area contributed by atoms with E-state index in [1.807, 2.05) is 0 Å². The number of phenols is 1. The molecule has 2 heterocycles. The summed E-state index contributed by atoms with van der Waals surface area (Å²) in [7, 11) is 0. The highest BCUT2D eigenvalue weighted by atomic mass is 35.5. The molecule has 31 nitrogen and oxygen atoms in total. The number of rotatable bonds is 38. The number of aliphatic hydroxyl groups excluding tert-OH is 1. The number of phenolic OH excluding ortho intramolecular Hbond substituents is 1. The predicted molar refractivity (Wildman–Crippen MR) is 382 cm³/mol. The molecule has 0 radical (unpaired) electrons. The van der Waals surface area contributed by atoms with Crippen molar-refractivity contribution in [2.75, 3.05) is 26.2 Å². The van der Waals surface area contributed by atoms with Gasteiger partial charge in [-0.15, -0.1) is 0 Å². The molecule has 33 heteroatoms. The van der Waals surface area contributed by atoms with Gasteiger partial charge in [0.1, 0.15) is 66.2 Å². The van der Waals surface area contributed by atoms with Crippen LogP contribution < -0.4 is 70.8 Å². The molecule has 4 aromatic carbocycles. The normalized spacial score (nSPS) is 15.3. The molecule has 0 saturated carbocycles. The number of aromatic nitrogens is 1. The molecule has 1 aliphatic heterocycles. The Hall–Kier alpha value is -10.5. The largest absolute Gasteiger partial charge is 0.508 e. The number of halogens is 2. The molecule has 1 fully saturated rings. The SMILES string of the molecule is CC(=O)NC(Cc1ccc(Cl)cc1)C(=O)NC(Cc1ccc(Cl)cc1)C(=O)NC(Cc1c[nH]c2ccccc12)C(=O)NC(CO)C(=O)NC(Cc1ccc(O)cc1)C(=O)NC(CCCN=C(N)N)C(=O)NC(CC(C)C)C(=O)NC(CCCN=C(N)N)C(=O)N1CCCC1C(=O)NC(C)C(=O)O. The maximum Gasteiger partial charge on any atom is 0.325 e. The van der Waals surface area contributed by atoms with E-state index < -0.39 is 132 Å². The van der Waals surface area contributed by atoms with E-state index in [-0.39, 0.29) is 107 Å². The summed E-state index contributed by atoms with van der Waals surface area (Å²) in [6.07, 6.45) is 1.44. The van der Waals surface area contributed by atoms with Crippen molar-refractivity contribution in [1.82, 2.24) is 57.7 Å². The lowest BCUT2D eigenvalue weighted by Crippen LogP contribution is -2.61. The van der Waals surface area contributed by atoms with Crippen molar-refractivity contribution in [3.8, 4) is 5.75 Å². The Kier molecular flexibility index (Phi) is 31.1. The van der Waals surface area contributed by atoms with Crippen molar-refractivity contribution in [2.45, 2.75) is 159 Å². The standard InChI is InChI=1S/C69H91Cl2N17O14/c1-37(2)30-51(59(93)82-50(13-8-28-77-69(74)75)66(100)88-29-9-14-57(88)65(99)79-38(3)67(101)102)83-58(92)49(12-7-27-76-68(72)73)81-61(95)53(33-42-19-25-46(91)26-20-42)85-64(98)56(36-89)87-63(97)55(34-43-35-78-48-11-6-5-10-47(43)48)86-62(96)54(32-41-17-23-45(71)24-18-41)84-60(94)52(80-39(4)90)31-40-15-21-44(70)22-16-40/h5-6,10-11,15-26,35,37-38,49-57,78,89,91H,7-9,12-14,27-34,36H2,1-4H3,(H,79,99)(H,80,90)(H,81,95)(H,82,93)(H,83,92)(H,84,94)(H,85,98)(H,86,96)(H,87,97)(H,101,102)(H4,72,73,76)(H4,74,75,77). The van der Waals surface area contributed by atoms with Crippen LogP contribution >= 0.6 is 23.2 Å². The molecule has 1 aliphatic rings. The lowest BCUT2D eigenvalue weighted by Gasteiger charge is -2.31. The molecule has 5 aromatic rings. The van der Waals surface area contributed by atoms with Crippen molar-refractivity contribution in [3.05, 3.63) is 136 Å². The minimum absolute atomic E-state index is 0.00816. The Labute approximate surface area is 599 Å². The van der Waals surface area contributed by atoms with Gasteiger partial charge in [0.15, 0.2) is 11.9 Å². The maximum atomic E-state index is 14.9. The molecule has 0 aliphatic carbocycles. The quantitative estimate of drug-likeness (QED) is 0.0141. The van der Waals surface area contributed by atoms with Gasteiger partial charge in [0.05, 0.1) is 6.61 Å². The summed E-state index contributed by atoms with van der Waals surface area (Å²) in [6.45, 7) is 5.05. The first-order valence-corrected chi connectivity index (χ1v) is 34.0. The second-order valence-corrected chi connectivity index (χ2v) is 26.1. The third kappa shape index (κ3) is 25.6. The van der Waals surface area contributed by atoms with Crippen LogP contribution in [0, 0.1) is 5.92 Å². The van der Waals surface area contributed by atoms with Gasteiger partial charge < -0.3 is 96.0 Å². The van der Waals surface area contributed by atoms with E-state index in [1.54, 1.807) is 92.8 Å². The average molecular weight is 1450 g/mol. The number of carboxylic acids is 1. The average Bonchev–Trinajstić information content (AvgIpc) is 1.67. The molecule has 10 unspecified atom stereocenters. The lowest BCUT2D eigenvalue weighted by atomic mass is 10.00. The Morgan fingerprint density at radius 1 is 0.549 bits per heavy atom. The summed E-state index contributed by atoms with van der Waals surface area (Å²) >= 11 is 12.4. The highest BCUT2D eigenvalue weighted by Gasteiger charge is 2.40. The van der Waals surface area contributed by atoms with Gasteiger partial charge in [-0.25, -0.2) is 0 Å². The first-order chi connectivity index (χ1) is 48.5. The number of nitrogens with zero attached hydrogens (tertiary/aromatic N) is 3. The Morgan fingerprint density at radius 2 is 0.971 bits per heavy atom. The summed E-state index contributed by atoms with van der Waals surface area (Å²) in [5.74, 6) is -10.7. The van der Waals surface area contributed by atoms with Gasteiger partial charge in [-0.1, -0.05) is 91.6 Å². The molecule has 6 rings (SSSR count). The van der Waals surface area contributed by atoms with Crippen LogP contribution in [0.4, 0.5) is 0 Å². The van der Waals surface area contributed by atoms with Crippen LogP contribution in [0.25, 0.3) is 10.9 Å². The summed E-state index contributed by atoms with van der Waals surface area (Å²) < 4.78 is 0. The number of aromatic amines is 1. The van der Waals surface area contributed by atoms with Crippen LogP contribution in [-0.4, -0.2) is 189 Å². The highest BCUT2D eigenvalue weighted by Crippen LogP contribution is 2.23. The fourth-order valence-electron chi connectivity index (χ4n) is 11.4. The number of para-hydroxylation sites is 1. The summed E-state index contributed by atoms with van der Waals surface area (Å²) in [6, 6.07) is 11.4. The molecule has 21 N–H and O–H groups in total. The minimum Gasteiger partial charge on any atom is -0.508 e. The first-order valence-electron chi connectivity index (χ1n) is 33.3. The van der Waals surface area contributed by atoms with Crippen LogP contribution in [0.15, 0.2) is 113 Å². The number of aliphatic hydroxyl groups is 1. The van der Waals surface area contributed by atoms with Crippen LogP contribution in [0.1, 0.15) is 94.9 Å². The van der Waals surface area contributed by atoms with Crippen LogP contribution in [0.3, 0.4) is 0 Å². The second-order valence-electron chi connectivity index (χ2n) is 25.2. The molecular formula is C69H91Cl2N17O14. The van der Waals surface area contributed by atoms with E-state index >= 15 is 0 Å². The molecule has 102 heavy (non-hydrogen) atoms. The van der Waals surface area contributed by atoms with Crippen molar-refractivity contribution in [2.24, 2.45) is 38.8 Å². The van der Waals surface area contributed by atoms with Crippen molar-refractivity contribution < 1.29 is 68.1 Å². The number of carbonyl (C=O) groups is 11. The van der Waals surface area contributed by atoms with Gasteiger partial charge >= 0.3 is 5.97 Å². The summed E-state index contributed by atoms with van der Waals surface area (Å²) in [5.41, 5.74) is 25.1. The molecule has 0 spiro atoms. The number of aromatic hydroxyl groups is 1. The predicted octanol–water partition coefficient (Wildman–Crippen LogP) is 0.0751. The van der Waals surface area contributed by atoms with E-state index in [0.29, 0.717) is 49.6 Å². The number of guanidine groups is 2. The van der Waals surface area contributed by atoms with Gasteiger partial charge in [0.2, 0.25) is 59.1 Å². The number of aliphatic imine (C=N–C) groups is 2. The number of hydrogen-bond acceptors (Lipinski definition) is 15. The fourth-order valence-corrected chi connectivity index (χ4v) is 11.6. The lowest BCUT2D eigenvalue weighted by molar-refractivity contribution is -0.144. The number of nitrogens with two attached hydrogens (primary N) is 4. The zero-order valence-corrected chi connectivity index (χ0v) is 58.5. The monoisotopic (exact) mass is 1450 g/mol. The van der Waals surface area contributed by atoms with E-state index in [1.165, 1.54) is 43.0 Å². The number of likely N-dealkylation sites (tertiary alicyclic amines) is 1. The maximum absolute atomic E-state index is 14.9. The molecule has 1 aromatic heterocycles. The van der Waals surface area contributed by atoms with Gasteiger partial charge in [-0.2, -0.15) is 0 Å². The number of carbonyl (C=O) groups excluding carboxylic acids is 10. The van der Waals surface area contributed by atoms with Gasteiger partial charge in [-0.3, -0.25) is 62.7 Å². The second kappa shape index (κ2) is 39.5. The third-order valence-corrected chi connectivity index (χ3v) is 17.1. The smallest absolute Gasteiger partial charge is 0.325 e. The third-order valence-electron chi connectivity index (χ3n) is 16.6. The van der Waals surface area contributed by atoms with Crippen LogP contribution in [0.5, 0.6) is 5.75 Å². The number of H-pyrrole nitrogens is 1. The van der Waals surface area contributed by atoms with E-state index in [0.717, 1.165) is 0 Å². The van der Waals surface area contributed by atoms with Crippen molar-refractivity contribution in [3.63, 3.8) is 0 Å². The van der Waals surface area contributed by atoms with E-state index in [4.69, 9.17) is 46.1 Å². The summed E-state index contributed by atoms with van der Waals surface area (Å²) in [4.78, 5) is 167. The van der Waals surface area contributed by atoms with Gasteiger partial charge in [0.25, 0.3) is 0 Å². The topological polar surface area (TPSA) is 505 Å². The highest BCUT2D eigenvalue weighted by molar-refractivity contribution is 6.30. The number of aliphatic carboxylic acids is 1. The Balaban J connectivity index is 1.28. The number of amides is 10. The zero-order chi connectivity index (χ0) is 74.7. The van der Waals surface area contributed by atoms with Crippen molar-refractivity contribution in [1.29, 1.82) is 0 Å². The minimum atomic E-state index is -1.85. The Bertz CT molecular complexity index is 3790. The van der Waals surface area contributed by atoms with Crippen molar-refractivity contribution >= 4 is 111 Å². The molecular weight excluding hydrogens is 1360 g/mol. The number of carboxylic acid groups (broad SMARTS) is 1. The first kappa shape index (κ1) is 80.4. The molecule has 1 saturated heterocycles. The van der Waals surface area contributed by atoms with Crippen LogP contribution in [-0.2, 0) is 78.4 Å². The molecule has 0 bridgehead atoms. The van der Waals surface area contributed by atoms with Gasteiger partial charge in [-0.05, 0) is 123 Å². The van der Waals surface area contributed by atoms with Gasteiger partial charge in [0, 0.05) is 79.4 Å². The number of benzene rings is 4. The Morgan fingerprint density at radius 3 is 1.46 bits per heavy atom. The number of nitrogens with one attached hydrogen (secondary N) is 10. The molecule has 10 amide bonds. The number of hydrogen-bond donors (Lipinski definition) is 17. The fraction of sp³-hybridized carbons (Fsp3) is 0.435. The summed E-state index contributed by atoms with van der Waals surface area (Å²) in [5, 5.41) is 55.9. The molecule has 550 valence electrons.